The van der Waals surface area contributed by atoms with Crippen molar-refractivity contribution in [3.05, 3.63) is 28.5 Å². The molecule has 19 heavy (non-hydrogen) atoms. The second-order valence-corrected chi connectivity index (χ2v) is 4.54. The van der Waals surface area contributed by atoms with Crippen molar-refractivity contribution < 1.29 is 9.13 Å². The van der Waals surface area contributed by atoms with Crippen molar-refractivity contribution in [2.75, 3.05) is 13.2 Å². The molecule has 4 N–H and O–H groups in total. The molecule has 0 saturated carbocycles. The molecule has 0 aliphatic carbocycles. The zero-order chi connectivity index (χ0) is 13.5. The molecule has 0 aromatic heterocycles. The summed E-state index contributed by atoms with van der Waals surface area (Å²) in [5, 5.41) is 0.265. The Labute approximate surface area is 124 Å². The first-order valence-corrected chi connectivity index (χ1v) is 6.55. The largest absolute Gasteiger partial charge is 0.489 e. The number of halogens is 3. The van der Waals surface area contributed by atoms with Gasteiger partial charge in [-0.2, -0.15) is 0 Å². The molecule has 0 spiro atoms. The first kappa shape index (κ1) is 18.4. The van der Waals surface area contributed by atoms with Gasteiger partial charge in [0.05, 0.1) is 11.6 Å². The van der Waals surface area contributed by atoms with Crippen LogP contribution in [-0.2, 0) is 0 Å². The van der Waals surface area contributed by atoms with Crippen LogP contribution in [0.25, 0.3) is 0 Å². The van der Waals surface area contributed by atoms with Crippen LogP contribution in [0.15, 0.2) is 12.1 Å². The van der Waals surface area contributed by atoms with Crippen LogP contribution in [0, 0.1) is 5.82 Å². The van der Waals surface area contributed by atoms with Crippen molar-refractivity contribution >= 4 is 24.0 Å². The van der Waals surface area contributed by atoms with Crippen molar-refractivity contribution in [1.29, 1.82) is 0 Å². The lowest BCUT2D eigenvalue weighted by atomic mass is 10.0. The fourth-order valence-corrected chi connectivity index (χ4v) is 2.02. The van der Waals surface area contributed by atoms with Gasteiger partial charge in [0.2, 0.25) is 0 Å². The minimum atomic E-state index is -0.464. The summed E-state index contributed by atoms with van der Waals surface area (Å²) in [5.41, 5.74) is 12.1. The predicted octanol–water partition coefficient (Wildman–Crippen LogP) is 3.43. The molecule has 6 heteroatoms. The Bertz CT molecular complexity index is 368. The van der Waals surface area contributed by atoms with Gasteiger partial charge in [0.25, 0.3) is 0 Å². The van der Waals surface area contributed by atoms with E-state index in [0.717, 1.165) is 19.3 Å². The normalized spacial score (nSPS) is 11.8. The van der Waals surface area contributed by atoms with E-state index in [1.807, 2.05) is 0 Å². The average Bonchev–Trinajstić information content (AvgIpc) is 2.33. The number of benzene rings is 1. The number of hydrogen-bond acceptors (Lipinski definition) is 3. The Hall–Kier alpha value is -0.550. The van der Waals surface area contributed by atoms with Crippen LogP contribution in [0.5, 0.6) is 5.75 Å². The summed E-state index contributed by atoms with van der Waals surface area (Å²) < 4.78 is 18.9. The molecule has 1 atom stereocenters. The summed E-state index contributed by atoms with van der Waals surface area (Å²) in [6, 6.07) is 2.84. The fraction of sp³-hybridized carbons (Fsp3) is 0.538. The third-order valence-corrected chi connectivity index (χ3v) is 2.99. The third-order valence-electron chi connectivity index (χ3n) is 2.71. The second kappa shape index (κ2) is 9.37. The SMILES string of the molecule is CCOc1c(F)cc([C@H](N)CCCCN)cc1Cl.Cl. The summed E-state index contributed by atoms with van der Waals surface area (Å²) in [7, 11) is 0. The lowest BCUT2D eigenvalue weighted by molar-refractivity contribution is 0.321. The average molecular weight is 311 g/mol. The minimum absolute atomic E-state index is 0. The molecule has 0 radical (unpaired) electrons. The van der Waals surface area contributed by atoms with Crippen molar-refractivity contribution in [3.63, 3.8) is 0 Å². The maximum atomic E-state index is 13.8. The number of nitrogens with two attached hydrogens (primary N) is 2. The zero-order valence-electron chi connectivity index (χ0n) is 11.0. The number of rotatable bonds is 7. The van der Waals surface area contributed by atoms with Gasteiger partial charge in [-0.1, -0.05) is 18.0 Å². The van der Waals surface area contributed by atoms with E-state index < -0.39 is 5.82 Å². The van der Waals surface area contributed by atoms with E-state index in [-0.39, 0.29) is 29.2 Å². The molecule has 0 aliphatic heterocycles. The van der Waals surface area contributed by atoms with Crippen LogP contribution in [-0.4, -0.2) is 13.2 Å². The van der Waals surface area contributed by atoms with Gasteiger partial charge in [-0.15, -0.1) is 12.4 Å². The number of hydrogen-bond donors (Lipinski definition) is 2. The summed E-state index contributed by atoms with van der Waals surface area (Å²) >= 11 is 5.98. The standard InChI is InChI=1S/C13H20ClFN2O.ClH/c1-2-18-13-10(14)7-9(8-11(13)15)12(17)5-3-4-6-16;/h7-8,12H,2-6,16-17H2,1H3;1H/t12-;/m1./s1. The van der Waals surface area contributed by atoms with Crippen LogP contribution >= 0.6 is 24.0 Å². The van der Waals surface area contributed by atoms with Crippen LogP contribution in [0.2, 0.25) is 5.02 Å². The molecule has 1 rings (SSSR count). The monoisotopic (exact) mass is 310 g/mol. The van der Waals surface area contributed by atoms with Crippen molar-refractivity contribution in [2.24, 2.45) is 11.5 Å². The topological polar surface area (TPSA) is 61.3 Å². The number of unbranched alkanes of at least 4 members (excludes halogenated alkanes) is 1. The molecule has 110 valence electrons. The van der Waals surface area contributed by atoms with Crippen LogP contribution < -0.4 is 16.2 Å². The molecule has 3 nitrogen and oxygen atoms in total. The first-order chi connectivity index (χ1) is 8.60. The predicted molar refractivity (Wildman–Crippen MR) is 79.7 cm³/mol. The highest BCUT2D eigenvalue weighted by Gasteiger charge is 2.14. The van der Waals surface area contributed by atoms with E-state index in [1.54, 1.807) is 13.0 Å². The van der Waals surface area contributed by atoms with Crippen molar-refractivity contribution in [3.8, 4) is 5.75 Å². The van der Waals surface area contributed by atoms with Gasteiger partial charge >= 0.3 is 0 Å². The molecule has 1 aromatic rings. The summed E-state index contributed by atoms with van der Waals surface area (Å²) in [6.07, 6.45) is 2.60. The Balaban J connectivity index is 0.00000324. The van der Waals surface area contributed by atoms with E-state index in [4.69, 9.17) is 27.8 Å². The van der Waals surface area contributed by atoms with E-state index in [1.165, 1.54) is 6.07 Å². The molecule has 0 aliphatic rings. The lowest BCUT2D eigenvalue weighted by Crippen LogP contribution is -2.12. The highest BCUT2D eigenvalue weighted by atomic mass is 35.5. The second-order valence-electron chi connectivity index (χ2n) is 4.14. The quantitative estimate of drug-likeness (QED) is 0.758. The maximum absolute atomic E-state index is 13.8. The van der Waals surface area contributed by atoms with Gasteiger partial charge in [0, 0.05) is 6.04 Å². The van der Waals surface area contributed by atoms with E-state index in [9.17, 15) is 4.39 Å². The first-order valence-electron chi connectivity index (χ1n) is 6.17. The summed E-state index contributed by atoms with van der Waals surface area (Å²) in [4.78, 5) is 0. The summed E-state index contributed by atoms with van der Waals surface area (Å²) in [6.45, 7) is 2.80. The van der Waals surface area contributed by atoms with Crippen molar-refractivity contribution in [1.82, 2.24) is 0 Å². The Morgan fingerprint density at radius 2 is 2.05 bits per heavy atom. The Morgan fingerprint density at radius 1 is 1.37 bits per heavy atom. The molecule has 0 saturated heterocycles. The van der Waals surface area contributed by atoms with Crippen LogP contribution in [0.4, 0.5) is 4.39 Å². The van der Waals surface area contributed by atoms with E-state index in [0.29, 0.717) is 18.7 Å². The summed E-state index contributed by atoms with van der Waals surface area (Å²) in [5.74, 6) is -0.370. The van der Waals surface area contributed by atoms with Crippen LogP contribution in [0.1, 0.15) is 37.8 Å². The van der Waals surface area contributed by atoms with Crippen LogP contribution in [0.3, 0.4) is 0 Å². The molecule has 0 amide bonds. The van der Waals surface area contributed by atoms with Gasteiger partial charge in [-0.3, -0.25) is 0 Å². The molecule has 0 fully saturated rings. The highest BCUT2D eigenvalue weighted by molar-refractivity contribution is 6.32. The van der Waals surface area contributed by atoms with E-state index in [2.05, 4.69) is 0 Å². The fourth-order valence-electron chi connectivity index (χ4n) is 1.75. The van der Waals surface area contributed by atoms with Crippen molar-refractivity contribution in [2.45, 2.75) is 32.2 Å². The Kier molecular flexibility index (Phi) is 9.10. The van der Waals surface area contributed by atoms with Gasteiger partial charge in [0.1, 0.15) is 0 Å². The molecule has 0 heterocycles. The van der Waals surface area contributed by atoms with Gasteiger partial charge in [0.15, 0.2) is 11.6 Å². The molecule has 0 unspecified atom stereocenters. The Morgan fingerprint density at radius 3 is 2.58 bits per heavy atom. The molecule has 0 bridgehead atoms. The van der Waals surface area contributed by atoms with Gasteiger partial charge in [-0.05, 0) is 44.0 Å². The lowest BCUT2D eigenvalue weighted by Gasteiger charge is -2.14. The molecular formula is C13H21Cl2FN2O. The maximum Gasteiger partial charge on any atom is 0.173 e. The third kappa shape index (κ3) is 5.53. The van der Waals surface area contributed by atoms with Gasteiger partial charge < -0.3 is 16.2 Å². The van der Waals surface area contributed by atoms with E-state index >= 15 is 0 Å². The number of ether oxygens (including phenoxy) is 1. The zero-order valence-corrected chi connectivity index (χ0v) is 12.6. The smallest absolute Gasteiger partial charge is 0.173 e. The van der Waals surface area contributed by atoms with Gasteiger partial charge in [-0.25, -0.2) is 4.39 Å². The molecule has 1 aromatic carbocycles. The molecular weight excluding hydrogens is 290 g/mol. The minimum Gasteiger partial charge on any atom is -0.489 e. The highest BCUT2D eigenvalue weighted by Crippen LogP contribution is 2.31.